The second-order valence-corrected chi connectivity index (χ2v) is 4.61. The third kappa shape index (κ3) is 2.20. The van der Waals surface area contributed by atoms with Crippen LogP contribution in [0.1, 0.15) is 35.6 Å². The first-order chi connectivity index (χ1) is 7.58. The van der Waals surface area contributed by atoms with E-state index in [1.807, 2.05) is 6.07 Å². The molecule has 0 radical (unpaired) electrons. The molecule has 0 aromatic heterocycles. The summed E-state index contributed by atoms with van der Waals surface area (Å²) in [6.45, 7) is 0. The molecule has 86 valence electrons. The molecule has 1 aliphatic carbocycles. The summed E-state index contributed by atoms with van der Waals surface area (Å²) in [4.78, 5) is 10.6. The fourth-order valence-corrected chi connectivity index (χ4v) is 2.54. The predicted molar refractivity (Wildman–Crippen MR) is 62.7 cm³/mol. The zero-order valence-corrected chi connectivity index (χ0v) is 9.63. The summed E-state index contributed by atoms with van der Waals surface area (Å²) >= 11 is 6.15. The van der Waals surface area contributed by atoms with Crippen LogP contribution in [0.5, 0.6) is 0 Å². The highest BCUT2D eigenvalue weighted by Gasteiger charge is 2.18. The van der Waals surface area contributed by atoms with Crippen LogP contribution in [0.4, 0.5) is 0 Å². The number of aliphatic carboxylic acids is 1. The highest BCUT2D eigenvalue weighted by molar-refractivity contribution is 6.31. The van der Waals surface area contributed by atoms with Gasteiger partial charge in [0.1, 0.15) is 0 Å². The largest absolute Gasteiger partial charge is 0.481 e. The van der Waals surface area contributed by atoms with Crippen LogP contribution < -0.4 is 5.73 Å². The summed E-state index contributed by atoms with van der Waals surface area (Å²) in [6.07, 6.45) is 3.09. The fraction of sp³-hybridized carbons (Fsp3) is 0.417. The normalized spacial score (nSPS) is 15.9. The SMILES string of the molecule is NC(CC(=O)O)c1cc(Cl)c2c(c1)CCC2. The minimum absolute atomic E-state index is 0.0604. The van der Waals surface area contributed by atoms with Gasteiger partial charge in [0.05, 0.1) is 6.42 Å². The Morgan fingerprint density at radius 3 is 2.94 bits per heavy atom. The van der Waals surface area contributed by atoms with Crippen LogP contribution in [0, 0.1) is 0 Å². The minimum atomic E-state index is -0.885. The van der Waals surface area contributed by atoms with Crippen LogP contribution in [0.3, 0.4) is 0 Å². The third-order valence-corrected chi connectivity index (χ3v) is 3.34. The molecular formula is C12H14ClNO2. The molecule has 0 amide bonds. The molecule has 1 aromatic carbocycles. The van der Waals surface area contributed by atoms with E-state index in [1.165, 1.54) is 11.1 Å². The maximum atomic E-state index is 10.6. The van der Waals surface area contributed by atoms with Crippen LogP contribution in [0.15, 0.2) is 12.1 Å². The van der Waals surface area contributed by atoms with E-state index in [2.05, 4.69) is 0 Å². The van der Waals surface area contributed by atoms with E-state index in [-0.39, 0.29) is 6.42 Å². The van der Waals surface area contributed by atoms with Gasteiger partial charge in [-0.25, -0.2) is 0 Å². The van der Waals surface area contributed by atoms with Gasteiger partial charge < -0.3 is 10.8 Å². The van der Waals surface area contributed by atoms with Gasteiger partial charge in [0.15, 0.2) is 0 Å². The van der Waals surface area contributed by atoms with Gasteiger partial charge in [-0.2, -0.15) is 0 Å². The van der Waals surface area contributed by atoms with Gasteiger partial charge in [-0.15, -0.1) is 0 Å². The summed E-state index contributed by atoms with van der Waals surface area (Å²) in [5.74, 6) is -0.885. The lowest BCUT2D eigenvalue weighted by atomic mass is 9.99. The van der Waals surface area contributed by atoms with Crippen molar-refractivity contribution in [2.45, 2.75) is 31.7 Å². The quantitative estimate of drug-likeness (QED) is 0.851. The number of rotatable bonds is 3. The maximum absolute atomic E-state index is 10.6. The zero-order chi connectivity index (χ0) is 11.7. The number of aryl methyl sites for hydroxylation is 1. The number of nitrogens with two attached hydrogens (primary N) is 1. The van der Waals surface area contributed by atoms with E-state index in [1.54, 1.807) is 6.07 Å². The number of carbonyl (C=O) groups is 1. The molecule has 1 atom stereocenters. The second-order valence-electron chi connectivity index (χ2n) is 4.20. The van der Waals surface area contributed by atoms with Crippen molar-refractivity contribution in [1.82, 2.24) is 0 Å². The Labute approximate surface area is 99.2 Å². The van der Waals surface area contributed by atoms with Gasteiger partial charge in [-0.3, -0.25) is 4.79 Å². The molecule has 0 saturated carbocycles. The average molecular weight is 240 g/mol. The molecule has 0 fully saturated rings. The molecule has 0 heterocycles. The van der Waals surface area contributed by atoms with Crippen molar-refractivity contribution in [2.75, 3.05) is 0 Å². The van der Waals surface area contributed by atoms with Crippen molar-refractivity contribution in [3.05, 3.63) is 33.8 Å². The number of carboxylic acids is 1. The van der Waals surface area contributed by atoms with Gasteiger partial charge in [0, 0.05) is 11.1 Å². The van der Waals surface area contributed by atoms with E-state index in [9.17, 15) is 4.79 Å². The number of hydrogen-bond acceptors (Lipinski definition) is 2. The number of carboxylic acid groups (broad SMARTS) is 1. The van der Waals surface area contributed by atoms with Crippen molar-refractivity contribution >= 4 is 17.6 Å². The Bertz CT molecular complexity index is 431. The molecule has 3 nitrogen and oxygen atoms in total. The fourth-order valence-electron chi connectivity index (χ4n) is 2.20. The molecule has 16 heavy (non-hydrogen) atoms. The Balaban J connectivity index is 2.29. The summed E-state index contributed by atoms with van der Waals surface area (Å²) in [7, 11) is 0. The van der Waals surface area contributed by atoms with Crippen LogP contribution in [0.25, 0.3) is 0 Å². The topological polar surface area (TPSA) is 63.3 Å². The molecular weight excluding hydrogens is 226 g/mol. The smallest absolute Gasteiger partial charge is 0.305 e. The van der Waals surface area contributed by atoms with E-state index < -0.39 is 12.0 Å². The minimum Gasteiger partial charge on any atom is -0.481 e. The van der Waals surface area contributed by atoms with Crippen molar-refractivity contribution in [2.24, 2.45) is 5.73 Å². The van der Waals surface area contributed by atoms with Crippen LogP contribution >= 0.6 is 11.6 Å². The molecule has 0 bridgehead atoms. The van der Waals surface area contributed by atoms with Gasteiger partial charge in [0.2, 0.25) is 0 Å². The monoisotopic (exact) mass is 239 g/mol. The number of fused-ring (bicyclic) bond motifs is 1. The molecule has 0 saturated heterocycles. The summed E-state index contributed by atoms with van der Waals surface area (Å²) < 4.78 is 0. The molecule has 1 aromatic rings. The molecule has 0 spiro atoms. The number of hydrogen-bond donors (Lipinski definition) is 2. The Morgan fingerprint density at radius 1 is 1.50 bits per heavy atom. The van der Waals surface area contributed by atoms with Gasteiger partial charge >= 0.3 is 5.97 Å². The lowest BCUT2D eigenvalue weighted by Crippen LogP contribution is -2.15. The third-order valence-electron chi connectivity index (χ3n) is 3.01. The van der Waals surface area contributed by atoms with Crippen molar-refractivity contribution < 1.29 is 9.90 Å². The summed E-state index contributed by atoms with van der Waals surface area (Å²) in [5.41, 5.74) is 9.07. The molecule has 1 unspecified atom stereocenters. The molecule has 3 N–H and O–H groups in total. The Hall–Kier alpha value is -1.06. The first-order valence-corrected chi connectivity index (χ1v) is 5.74. The first kappa shape index (κ1) is 11.4. The number of benzene rings is 1. The molecule has 0 aliphatic heterocycles. The van der Waals surface area contributed by atoms with Crippen LogP contribution in [0.2, 0.25) is 5.02 Å². The van der Waals surface area contributed by atoms with E-state index in [0.29, 0.717) is 0 Å². The molecule has 2 rings (SSSR count). The molecule has 4 heteroatoms. The first-order valence-electron chi connectivity index (χ1n) is 5.36. The van der Waals surface area contributed by atoms with Crippen LogP contribution in [-0.4, -0.2) is 11.1 Å². The Morgan fingerprint density at radius 2 is 2.25 bits per heavy atom. The summed E-state index contributed by atoms with van der Waals surface area (Å²) in [6, 6.07) is 3.34. The predicted octanol–water partition coefficient (Wildman–Crippen LogP) is 2.30. The van der Waals surface area contributed by atoms with E-state index in [0.717, 1.165) is 29.8 Å². The van der Waals surface area contributed by atoms with E-state index in [4.69, 9.17) is 22.4 Å². The van der Waals surface area contributed by atoms with Crippen LogP contribution in [-0.2, 0) is 17.6 Å². The van der Waals surface area contributed by atoms with Gasteiger partial charge in [-0.1, -0.05) is 17.7 Å². The number of halogens is 1. The molecule has 1 aliphatic rings. The highest BCUT2D eigenvalue weighted by Crippen LogP contribution is 2.32. The summed E-state index contributed by atoms with van der Waals surface area (Å²) in [5, 5.41) is 9.42. The van der Waals surface area contributed by atoms with Crippen molar-refractivity contribution in [3.8, 4) is 0 Å². The van der Waals surface area contributed by atoms with Crippen molar-refractivity contribution in [3.63, 3.8) is 0 Å². The second kappa shape index (κ2) is 4.44. The van der Waals surface area contributed by atoms with E-state index >= 15 is 0 Å². The zero-order valence-electron chi connectivity index (χ0n) is 8.87. The standard InChI is InChI=1S/C12H14ClNO2/c13-10-5-8(11(14)6-12(15)16)4-7-2-1-3-9(7)10/h4-5,11H,1-3,6,14H2,(H,15,16). The lowest BCUT2D eigenvalue weighted by molar-refractivity contribution is -0.137. The average Bonchev–Trinajstić information content (AvgIpc) is 2.64. The Kier molecular flexibility index (Phi) is 3.17. The highest BCUT2D eigenvalue weighted by atomic mass is 35.5. The van der Waals surface area contributed by atoms with Crippen molar-refractivity contribution in [1.29, 1.82) is 0 Å². The van der Waals surface area contributed by atoms with Gasteiger partial charge in [-0.05, 0) is 42.0 Å². The lowest BCUT2D eigenvalue weighted by Gasteiger charge is -2.12. The maximum Gasteiger partial charge on any atom is 0.305 e. The van der Waals surface area contributed by atoms with Gasteiger partial charge in [0.25, 0.3) is 0 Å².